The van der Waals surface area contributed by atoms with E-state index in [2.05, 4.69) is 62.7 Å². The highest BCUT2D eigenvalue weighted by Crippen LogP contribution is 2.36. The molecule has 8 nitrogen and oxygen atoms in total. The average Bonchev–Trinajstić information content (AvgIpc) is 3.24. The fraction of sp³-hybridized carbons (Fsp3) is 0.528. The summed E-state index contributed by atoms with van der Waals surface area (Å²) in [6, 6.07) is 15.4. The molecular formula is C36H51ClN4O4Si. The van der Waals surface area contributed by atoms with Crippen LogP contribution in [-0.2, 0) is 25.7 Å². The summed E-state index contributed by atoms with van der Waals surface area (Å²) in [5, 5.41) is 14.7. The van der Waals surface area contributed by atoms with Gasteiger partial charge in [-0.15, -0.1) is 0 Å². The molecule has 3 rings (SSSR count). The van der Waals surface area contributed by atoms with Gasteiger partial charge in [-0.3, -0.25) is 0 Å². The van der Waals surface area contributed by atoms with Crippen LogP contribution in [0.3, 0.4) is 0 Å². The smallest absolute Gasteiger partial charge is 0.332 e. The second-order valence-corrected chi connectivity index (χ2v) is 20.1. The minimum Gasteiger partial charge on any atom is -0.458 e. The van der Waals surface area contributed by atoms with Crippen molar-refractivity contribution in [2.75, 3.05) is 31.3 Å². The maximum atomic E-state index is 11.9. The molecule has 250 valence electrons. The van der Waals surface area contributed by atoms with Crippen LogP contribution in [0, 0.1) is 32.1 Å². The lowest BCUT2D eigenvalue weighted by molar-refractivity contribution is -0.160. The monoisotopic (exact) mass is 666 g/mol. The normalized spacial score (nSPS) is 11.8. The maximum absolute atomic E-state index is 11.9. The van der Waals surface area contributed by atoms with E-state index < -0.39 is 13.7 Å². The molecule has 0 aliphatic carbocycles. The lowest BCUT2D eigenvalue weighted by atomic mass is 10.00. The molecule has 1 aromatic heterocycles. The second kappa shape index (κ2) is 16.6. The van der Waals surface area contributed by atoms with Crippen molar-refractivity contribution in [1.29, 1.82) is 5.26 Å². The molecule has 0 radical (unpaired) electrons. The number of unbranched alkanes of at least 4 members (excludes halogenated alkanes) is 2. The predicted molar refractivity (Wildman–Crippen MR) is 190 cm³/mol. The summed E-state index contributed by atoms with van der Waals surface area (Å²) in [7, 11) is -1.16. The van der Waals surface area contributed by atoms with Crippen LogP contribution in [0.25, 0.3) is 11.1 Å². The Kier molecular flexibility index (Phi) is 13.5. The van der Waals surface area contributed by atoms with Crippen molar-refractivity contribution in [2.45, 2.75) is 98.8 Å². The number of halogens is 1. The van der Waals surface area contributed by atoms with E-state index in [-0.39, 0.29) is 12.6 Å². The number of aryl methyl sites for hydroxylation is 2. The standard InChI is InChI=1S/C36H51ClN4O4Si/c1-26-13-14-29(35-27(2)39-41(28(35)3)25-44-19-20-46(7,8)9)21-33(26)40(31-16-15-30(23-38)32(37)22-31)17-11-10-12-18-43-24-34(42)45-36(4,5)6/h13-16,21-22H,10-12,17-20,24-25H2,1-9H3. The minimum atomic E-state index is -1.16. The highest BCUT2D eigenvalue weighted by atomic mass is 35.5. The molecule has 0 unspecified atom stereocenters. The van der Waals surface area contributed by atoms with Crippen LogP contribution in [0.15, 0.2) is 36.4 Å². The number of anilines is 2. The van der Waals surface area contributed by atoms with Gasteiger partial charge in [-0.25, -0.2) is 9.48 Å². The molecule has 3 aromatic rings. The Balaban J connectivity index is 1.78. The van der Waals surface area contributed by atoms with E-state index in [0.717, 1.165) is 77.9 Å². The summed E-state index contributed by atoms with van der Waals surface area (Å²) in [6.07, 6.45) is 2.62. The number of rotatable bonds is 16. The predicted octanol–water partition coefficient (Wildman–Crippen LogP) is 8.98. The van der Waals surface area contributed by atoms with E-state index in [1.165, 1.54) is 0 Å². The number of nitriles is 1. The van der Waals surface area contributed by atoms with Gasteiger partial charge in [0.2, 0.25) is 0 Å². The Morgan fingerprint density at radius 1 is 1.02 bits per heavy atom. The third-order valence-electron chi connectivity index (χ3n) is 7.58. The molecule has 10 heteroatoms. The average molecular weight is 667 g/mol. The number of benzene rings is 2. The molecule has 2 aromatic carbocycles. The topological polar surface area (TPSA) is 89.6 Å². The molecular weight excluding hydrogens is 616 g/mol. The first-order chi connectivity index (χ1) is 21.6. The summed E-state index contributed by atoms with van der Waals surface area (Å²) in [4.78, 5) is 14.2. The van der Waals surface area contributed by atoms with Gasteiger partial charge in [-0.05, 0) is 102 Å². The number of hydrogen-bond donors (Lipinski definition) is 0. The van der Waals surface area contributed by atoms with Crippen molar-refractivity contribution in [3.05, 3.63) is 63.9 Å². The molecule has 0 aliphatic heterocycles. The SMILES string of the molecule is Cc1ccc(-c2c(C)nn(COCC[Si](C)(C)C)c2C)cc1N(CCCCCOCC(=O)OC(C)(C)C)c1ccc(C#N)c(Cl)c1. The molecule has 0 fully saturated rings. The number of aromatic nitrogens is 2. The maximum Gasteiger partial charge on any atom is 0.332 e. The van der Waals surface area contributed by atoms with Gasteiger partial charge in [0.1, 0.15) is 25.0 Å². The second-order valence-electron chi connectivity index (χ2n) is 14.0. The minimum absolute atomic E-state index is 0.0425. The zero-order valence-electron chi connectivity index (χ0n) is 29.1. The molecule has 0 saturated carbocycles. The molecule has 0 saturated heterocycles. The van der Waals surface area contributed by atoms with Gasteiger partial charge in [0.05, 0.1) is 16.3 Å². The summed E-state index contributed by atoms with van der Waals surface area (Å²) < 4.78 is 18.8. The van der Waals surface area contributed by atoms with Crippen molar-refractivity contribution >= 4 is 37.0 Å². The highest BCUT2D eigenvalue weighted by Gasteiger charge is 2.20. The van der Waals surface area contributed by atoms with Crippen LogP contribution in [0.2, 0.25) is 30.7 Å². The molecule has 0 atom stereocenters. The Hall–Kier alpha value is -3.16. The van der Waals surface area contributed by atoms with Gasteiger partial charge in [-0.2, -0.15) is 10.4 Å². The lowest BCUT2D eigenvalue weighted by Gasteiger charge is -2.28. The number of carbonyl (C=O) groups excluding carboxylic acids is 1. The largest absolute Gasteiger partial charge is 0.458 e. The van der Waals surface area contributed by atoms with E-state index >= 15 is 0 Å². The van der Waals surface area contributed by atoms with Crippen molar-refractivity contribution in [3.63, 3.8) is 0 Å². The van der Waals surface area contributed by atoms with Gasteiger partial charge >= 0.3 is 5.97 Å². The molecule has 46 heavy (non-hydrogen) atoms. The van der Waals surface area contributed by atoms with E-state index in [9.17, 15) is 10.1 Å². The third-order valence-corrected chi connectivity index (χ3v) is 9.59. The van der Waals surface area contributed by atoms with E-state index in [1.807, 2.05) is 44.5 Å². The summed E-state index contributed by atoms with van der Waals surface area (Å²) in [5.41, 5.74) is 7.26. The molecule has 0 aliphatic rings. The molecule has 0 bridgehead atoms. The summed E-state index contributed by atoms with van der Waals surface area (Å²) >= 11 is 6.51. The fourth-order valence-corrected chi connectivity index (χ4v) is 6.13. The van der Waals surface area contributed by atoms with E-state index in [1.54, 1.807) is 6.07 Å². The Labute approximate surface area is 281 Å². The van der Waals surface area contributed by atoms with Crippen LogP contribution in [-0.4, -0.2) is 55.8 Å². The van der Waals surface area contributed by atoms with Gasteiger partial charge in [0, 0.05) is 50.5 Å². The van der Waals surface area contributed by atoms with Gasteiger partial charge in [0.15, 0.2) is 0 Å². The van der Waals surface area contributed by atoms with Gasteiger partial charge in [0.25, 0.3) is 0 Å². The van der Waals surface area contributed by atoms with E-state index in [4.69, 9.17) is 30.9 Å². The fourth-order valence-electron chi connectivity index (χ4n) is 5.15. The molecule has 1 heterocycles. The molecule has 0 N–H and O–H groups in total. The summed E-state index contributed by atoms with van der Waals surface area (Å²) in [5.74, 6) is -0.350. The zero-order chi connectivity index (χ0) is 34.1. The first-order valence-electron chi connectivity index (χ1n) is 16.1. The van der Waals surface area contributed by atoms with Gasteiger partial charge in [-0.1, -0.05) is 43.4 Å². The van der Waals surface area contributed by atoms with Crippen LogP contribution >= 0.6 is 11.6 Å². The van der Waals surface area contributed by atoms with Gasteiger partial charge < -0.3 is 19.1 Å². The number of ether oxygens (including phenoxy) is 3. The Morgan fingerprint density at radius 2 is 1.76 bits per heavy atom. The van der Waals surface area contributed by atoms with Crippen molar-refractivity contribution in [2.24, 2.45) is 0 Å². The number of hydrogen-bond acceptors (Lipinski definition) is 7. The quantitative estimate of drug-likeness (QED) is 0.0856. The van der Waals surface area contributed by atoms with E-state index in [0.29, 0.717) is 23.9 Å². The van der Waals surface area contributed by atoms with Crippen LogP contribution in [0.1, 0.15) is 62.5 Å². The first kappa shape index (κ1) is 37.3. The Bertz CT molecular complexity index is 1520. The summed E-state index contributed by atoms with van der Waals surface area (Å²) in [6.45, 7) is 21.2. The first-order valence-corrected chi connectivity index (χ1v) is 20.2. The molecule has 0 amide bonds. The van der Waals surface area contributed by atoms with Crippen molar-refractivity contribution < 1.29 is 19.0 Å². The van der Waals surface area contributed by atoms with Crippen LogP contribution in [0.5, 0.6) is 0 Å². The third kappa shape index (κ3) is 11.3. The van der Waals surface area contributed by atoms with Crippen LogP contribution in [0.4, 0.5) is 11.4 Å². The zero-order valence-corrected chi connectivity index (χ0v) is 30.9. The van der Waals surface area contributed by atoms with Crippen molar-refractivity contribution in [1.82, 2.24) is 9.78 Å². The highest BCUT2D eigenvalue weighted by molar-refractivity contribution is 6.76. The number of esters is 1. The van der Waals surface area contributed by atoms with Crippen molar-refractivity contribution in [3.8, 4) is 17.2 Å². The molecule has 0 spiro atoms. The number of carbonyl (C=O) groups is 1. The van der Waals surface area contributed by atoms with Crippen LogP contribution < -0.4 is 4.90 Å². The number of nitrogens with zero attached hydrogens (tertiary/aromatic N) is 4. The Morgan fingerprint density at radius 3 is 2.41 bits per heavy atom. The lowest BCUT2D eigenvalue weighted by Crippen LogP contribution is -2.26.